The summed E-state index contributed by atoms with van der Waals surface area (Å²) in [7, 11) is 4.75. The summed E-state index contributed by atoms with van der Waals surface area (Å²) in [5, 5.41) is 4.14. The van der Waals surface area contributed by atoms with Gasteiger partial charge in [0.05, 0.1) is 27.5 Å². The van der Waals surface area contributed by atoms with E-state index in [0.29, 0.717) is 23.1 Å². The zero-order valence-corrected chi connectivity index (χ0v) is 12.2. The zero-order chi connectivity index (χ0) is 15.1. The number of methoxy groups -OCH3 is 3. The minimum Gasteiger partial charge on any atom is -0.496 e. The van der Waals surface area contributed by atoms with Crippen molar-refractivity contribution >= 4 is 12.0 Å². The van der Waals surface area contributed by atoms with Crippen molar-refractivity contribution in [2.45, 2.75) is 0 Å². The quantitative estimate of drug-likeness (QED) is 0.653. The van der Waals surface area contributed by atoms with Crippen molar-refractivity contribution in [3.63, 3.8) is 0 Å². The molecule has 0 saturated carbocycles. The van der Waals surface area contributed by atoms with Crippen molar-refractivity contribution in [2.75, 3.05) is 26.8 Å². The third-order valence-electron chi connectivity index (χ3n) is 2.78. The van der Waals surface area contributed by atoms with E-state index in [1.165, 1.54) is 0 Å². The Morgan fingerprint density at radius 3 is 2.33 bits per heavy atom. The molecule has 1 aromatic carbocycles. The lowest BCUT2D eigenvalue weighted by Crippen LogP contribution is -1.98. The molecular formula is C15H17N3O3. The molecular weight excluding hydrogens is 270 g/mol. The van der Waals surface area contributed by atoms with Gasteiger partial charge in [0, 0.05) is 17.8 Å². The van der Waals surface area contributed by atoms with Crippen molar-refractivity contribution in [1.29, 1.82) is 0 Å². The number of hydrazone groups is 1. The van der Waals surface area contributed by atoms with Crippen molar-refractivity contribution < 1.29 is 14.2 Å². The van der Waals surface area contributed by atoms with E-state index in [0.717, 1.165) is 5.56 Å². The van der Waals surface area contributed by atoms with E-state index in [4.69, 9.17) is 14.2 Å². The maximum Gasteiger partial charge on any atom is 0.164 e. The Balaban J connectivity index is 2.22. The molecule has 1 heterocycles. The summed E-state index contributed by atoms with van der Waals surface area (Å²) in [6, 6.07) is 9.08. The molecule has 0 amide bonds. The fraction of sp³-hybridized carbons (Fsp3) is 0.200. The Kier molecular flexibility index (Phi) is 4.98. The van der Waals surface area contributed by atoms with E-state index in [2.05, 4.69) is 15.5 Å². The fourth-order valence-corrected chi connectivity index (χ4v) is 1.75. The lowest BCUT2D eigenvalue weighted by atomic mass is 10.2. The first kappa shape index (κ1) is 14.6. The summed E-state index contributed by atoms with van der Waals surface area (Å²) < 4.78 is 15.8. The van der Waals surface area contributed by atoms with Crippen LogP contribution in [0.25, 0.3) is 0 Å². The minimum absolute atomic E-state index is 0.601. The number of hydrogen-bond acceptors (Lipinski definition) is 6. The van der Waals surface area contributed by atoms with E-state index in [-0.39, 0.29) is 0 Å². The molecule has 21 heavy (non-hydrogen) atoms. The molecule has 6 heteroatoms. The van der Waals surface area contributed by atoms with Gasteiger partial charge in [0.2, 0.25) is 0 Å². The molecule has 0 fully saturated rings. The van der Waals surface area contributed by atoms with Crippen molar-refractivity contribution in [3.05, 3.63) is 42.1 Å². The van der Waals surface area contributed by atoms with Gasteiger partial charge in [-0.3, -0.25) is 5.43 Å². The smallest absolute Gasteiger partial charge is 0.164 e. The lowest BCUT2D eigenvalue weighted by Gasteiger charge is -2.11. The van der Waals surface area contributed by atoms with Crippen LogP contribution in [-0.4, -0.2) is 32.5 Å². The highest BCUT2D eigenvalue weighted by atomic mass is 16.5. The van der Waals surface area contributed by atoms with E-state index in [1.54, 1.807) is 45.9 Å². The van der Waals surface area contributed by atoms with Gasteiger partial charge in [0.1, 0.15) is 11.6 Å². The molecule has 0 aliphatic rings. The van der Waals surface area contributed by atoms with Crippen molar-refractivity contribution in [2.24, 2.45) is 5.10 Å². The maximum atomic E-state index is 5.32. The molecule has 0 atom stereocenters. The van der Waals surface area contributed by atoms with Crippen LogP contribution in [0.4, 0.5) is 5.82 Å². The highest BCUT2D eigenvalue weighted by molar-refractivity contribution is 5.85. The average molecular weight is 287 g/mol. The van der Waals surface area contributed by atoms with E-state index < -0.39 is 0 Å². The van der Waals surface area contributed by atoms with Gasteiger partial charge in [-0.1, -0.05) is 6.07 Å². The standard InChI is InChI=1S/C15H17N3O3/c1-19-12-9-14(21-3)13(20-2)8-11(12)10-17-18-15-6-4-5-7-16-15/h4-10H,1-3H3,(H,16,18). The number of pyridine rings is 1. The second-order valence-corrected chi connectivity index (χ2v) is 4.03. The number of rotatable bonds is 6. The molecule has 0 radical (unpaired) electrons. The SMILES string of the molecule is COc1cc(OC)c(OC)cc1C=NNc1ccccn1. The average Bonchev–Trinajstić information content (AvgIpc) is 2.55. The second kappa shape index (κ2) is 7.14. The highest BCUT2D eigenvalue weighted by Crippen LogP contribution is 2.33. The Bertz CT molecular complexity index is 615. The van der Waals surface area contributed by atoms with Gasteiger partial charge >= 0.3 is 0 Å². The van der Waals surface area contributed by atoms with Gasteiger partial charge in [0.25, 0.3) is 0 Å². The zero-order valence-electron chi connectivity index (χ0n) is 12.2. The summed E-state index contributed by atoms with van der Waals surface area (Å²) >= 11 is 0. The van der Waals surface area contributed by atoms with Crippen LogP contribution in [0.15, 0.2) is 41.6 Å². The van der Waals surface area contributed by atoms with E-state index in [1.807, 2.05) is 18.2 Å². The van der Waals surface area contributed by atoms with Crippen LogP contribution in [0.5, 0.6) is 17.2 Å². The largest absolute Gasteiger partial charge is 0.496 e. The number of aromatic nitrogens is 1. The van der Waals surface area contributed by atoms with E-state index >= 15 is 0 Å². The molecule has 1 aromatic heterocycles. The van der Waals surface area contributed by atoms with Gasteiger partial charge in [-0.25, -0.2) is 4.98 Å². The Hall–Kier alpha value is -2.76. The van der Waals surface area contributed by atoms with Gasteiger partial charge < -0.3 is 14.2 Å². The van der Waals surface area contributed by atoms with Crippen LogP contribution in [0.3, 0.4) is 0 Å². The van der Waals surface area contributed by atoms with Crippen LogP contribution in [0, 0.1) is 0 Å². The second-order valence-electron chi connectivity index (χ2n) is 4.03. The maximum absolute atomic E-state index is 5.32. The summed E-state index contributed by atoms with van der Waals surface area (Å²) in [4.78, 5) is 4.11. The van der Waals surface area contributed by atoms with Gasteiger partial charge in [0.15, 0.2) is 11.5 Å². The molecule has 1 N–H and O–H groups in total. The normalized spacial score (nSPS) is 10.4. The predicted molar refractivity (Wildman–Crippen MR) is 81.6 cm³/mol. The topological polar surface area (TPSA) is 65.0 Å². The van der Waals surface area contributed by atoms with Crippen molar-refractivity contribution in [1.82, 2.24) is 4.98 Å². The Morgan fingerprint density at radius 2 is 1.71 bits per heavy atom. The lowest BCUT2D eigenvalue weighted by molar-refractivity contribution is 0.349. The molecule has 110 valence electrons. The number of hydrogen-bond donors (Lipinski definition) is 1. The number of anilines is 1. The molecule has 0 aliphatic carbocycles. The molecule has 0 spiro atoms. The van der Waals surface area contributed by atoms with Crippen LogP contribution < -0.4 is 19.6 Å². The third-order valence-corrected chi connectivity index (χ3v) is 2.78. The molecule has 0 saturated heterocycles. The minimum atomic E-state index is 0.601. The monoisotopic (exact) mass is 287 g/mol. The Labute approximate surface area is 123 Å². The van der Waals surface area contributed by atoms with Crippen LogP contribution in [0.1, 0.15) is 5.56 Å². The molecule has 6 nitrogen and oxygen atoms in total. The van der Waals surface area contributed by atoms with E-state index in [9.17, 15) is 0 Å². The number of benzene rings is 1. The van der Waals surface area contributed by atoms with Gasteiger partial charge in [-0.05, 0) is 18.2 Å². The predicted octanol–water partition coefficient (Wildman–Crippen LogP) is 2.55. The number of ether oxygens (including phenoxy) is 3. The van der Waals surface area contributed by atoms with Crippen LogP contribution in [0.2, 0.25) is 0 Å². The molecule has 0 bridgehead atoms. The first-order chi connectivity index (χ1) is 10.3. The number of nitrogens with zero attached hydrogens (tertiary/aromatic N) is 2. The first-order valence-corrected chi connectivity index (χ1v) is 6.28. The molecule has 2 rings (SSSR count). The summed E-state index contributed by atoms with van der Waals surface area (Å²) in [6.07, 6.45) is 3.32. The highest BCUT2D eigenvalue weighted by Gasteiger charge is 2.10. The van der Waals surface area contributed by atoms with Crippen LogP contribution >= 0.6 is 0 Å². The molecule has 0 unspecified atom stereocenters. The van der Waals surface area contributed by atoms with Gasteiger partial charge in [-0.2, -0.15) is 5.10 Å². The number of nitrogens with one attached hydrogen (secondary N) is 1. The summed E-state index contributed by atoms with van der Waals surface area (Å²) in [5.41, 5.74) is 3.60. The first-order valence-electron chi connectivity index (χ1n) is 6.28. The fourth-order valence-electron chi connectivity index (χ4n) is 1.75. The summed E-state index contributed by atoms with van der Waals surface area (Å²) in [6.45, 7) is 0. The van der Waals surface area contributed by atoms with Crippen molar-refractivity contribution in [3.8, 4) is 17.2 Å². The van der Waals surface area contributed by atoms with Crippen LogP contribution in [-0.2, 0) is 0 Å². The van der Waals surface area contributed by atoms with Gasteiger partial charge in [-0.15, -0.1) is 0 Å². The molecule has 0 aliphatic heterocycles. The summed E-state index contributed by atoms with van der Waals surface area (Å²) in [5.74, 6) is 2.51. The Morgan fingerprint density at radius 1 is 1.00 bits per heavy atom. The molecule has 2 aromatic rings. The third kappa shape index (κ3) is 3.62.